The second-order valence-corrected chi connectivity index (χ2v) is 3.14. The van der Waals surface area contributed by atoms with Crippen LogP contribution in [-0.2, 0) is 0 Å². The number of hydrogen-bond donors (Lipinski definition) is 1. The fraction of sp³-hybridized carbons (Fsp3) is 0.300. The molecule has 90 valence electrons. The summed E-state index contributed by atoms with van der Waals surface area (Å²) in [5.74, 6) is 0.535. The smallest absolute Gasteiger partial charge is 0.273 e. The van der Waals surface area contributed by atoms with Crippen LogP contribution in [0.2, 0.25) is 0 Å². The molecule has 0 saturated carbocycles. The molecule has 0 aliphatic rings. The van der Waals surface area contributed by atoms with Crippen molar-refractivity contribution in [3.63, 3.8) is 0 Å². The van der Waals surface area contributed by atoms with Crippen LogP contribution < -0.4 is 15.2 Å². The molecule has 0 bridgehead atoms. The summed E-state index contributed by atoms with van der Waals surface area (Å²) in [5.41, 5.74) is 5.23. The second-order valence-electron chi connectivity index (χ2n) is 3.14. The minimum atomic E-state index is -0.793. The third-order valence-electron chi connectivity index (χ3n) is 1.94. The van der Waals surface area contributed by atoms with Gasteiger partial charge in [-0.3, -0.25) is 10.1 Å². The van der Waals surface area contributed by atoms with Crippen LogP contribution >= 0.6 is 0 Å². The van der Waals surface area contributed by atoms with Crippen molar-refractivity contribution < 1.29 is 14.4 Å². The van der Waals surface area contributed by atoms with E-state index in [1.165, 1.54) is 25.3 Å². The van der Waals surface area contributed by atoms with Gasteiger partial charge in [0.1, 0.15) is 12.6 Å². The van der Waals surface area contributed by atoms with Crippen molar-refractivity contribution in [2.24, 2.45) is 5.73 Å². The Morgan fingerprint density at radius 2 is 2.29 bits per heavy atom. The van der Waals surface area contributed by atoms with Gasteiger partial charge < -0.3 is 15.2 Å². The monoisotopic (exact) mass is 237 g/mol. The number of methoxy groups -OCH3 is 1. The van der Waals surface area contributed by atoms with Gasteiger partial charge in [0.2, 0.25) is 0 Å². The maximum Gasteiger partial charge on any atom is 0.273 e. The van der Waals surface area contributed by atoms with Crippen molar-refractivity contribution in [3.8, 4) is 17.6 Å². The fourth-order valence-electron chi connectivity index (χ4n) is 1.11. The van der Waals surface area contributed by atoms with Gasteiger partial charge in [-0.2, -0.15) is 5.26 Å². The number of nitrogens with zero attached hydrogens (tertiary/aromatic N) is 2. The molecule has 7 nitrogen and oxygen atoms in total. The third kappa shape index (κ3) is 3.32. The van der Waals surface area contributed by atoms with Crippen LogP contribution in [0.4, 0.5) is 5.69 Å². The topological polar surface area (TPSA) is 111 Å². The first-order valence-electron chi connectivity index (χ1n) is 4.69. The largest absolute Gasteiger partial charge is 0.493 e. The molecule has 7 heteroatoms. The Labute approximate surface area is 97.5 Å². The first-order chi connectivity index (χ1) is 8.08. The molecule has 1 rings (SSSR count). The van der Waals surface area contributed by atoms with E-state index in [-0.39, 0.29) is 18.0 Å². The van der Waals surface area contributed by atoms with Gasteiger partial charge in [0.15, 0.2) is 11.5 Å². The zero-order valence-corrected chi connectivity index (χ0v) is 9.12. The summed E-state index contributed by atoms with van der Waals surface area (Å²) in [7, 11) is 1.41. The first-order valence-corrected chi connectivity index (χ1v) is 4.69. The van der Waals surface area contributed by atoms with Crippen LogP contribution in [0.5, 0.6) is 11.5 Å². The molecule has 0 radical (unpaired) electrons. The second kappa shape index (κ2) is 5.67. The minimum absolute atomic E-state index is 0.0615. The van der Waals surface area contributed by atoms with Crippen molar-refractivity contribution >= 4 is 5.69 Å². The van der Waals surface area contributed by atoms with Gasteiger partial charge in [0.25, 0.3) is 5.69 Å². The van der Waals surface area contributed by atoms with Crippen molar-refractivity contribution in [1.29, 1.82) is 5.26 Å². The SMILES string of the molecule is COc1ccc([N+](=O)[O-])cc1OCC(N)C#N. The van der Waals surface area contributed by atoms with Gasteiger partial charge in [0, 0.05) is 6.07 Å². The zero-order valence-electron chi connectivity index (χ0n) is 9.12. The molecule has 1 aromatic carbocycles. The van der Waals surface area contributed by atoms with E-state index in [0.29, 0.717) is 5.75 Å². The van der Waals surface area contributed by atoms with Crippen LogP contribution in [-0.4, -0.2) is 24.7 Å². The Hall–Kier alpha value is -2.33. The Balaban J connectivity index is 2.91. The first kappa shape index (κ1) is 12.7. The highest BCUT2D eigenvalue weighted by atomic mass is 16.6. The lowest BCUT2D eigenvalue weighted by atomic mass is 10.3. The van der Waals surface area contributed by atoms with E-state index >= 15 is 0 Å². The normalized spacial score (nSPS) is 11.4. The molecule has 0 aliphatic carbocycles. The van der Waals surface area contributed by atoms with E-state index in [1.807, 2.05) is 0 Å². The highest BCUT2D eigenvalue weighted by Crippen LogP contribution is 2.31. The molecule has 0 fully saturated rings. The molecule has 17 heavy (non-hydrogen) atoms. The van der Waals surface area contributed by atoms with Gasteiger partial charge in [-0.15, -0.1) is 0 Å². The molecule has 2 N–H and O–H groups in total. The van der Waals surface area contributed by atoms with Crippen molar-refractivity contribution in [2.45, 2.75) is 6.04 Å². The quantitative estimate of drug-likeness (QED) is 0.599. The number of hydrogen-bond acceptors (Lipinski definition) is 6. The number of ether oxygens (including phenoxy) is 2. The maximum absolute atomic E-state index is 10.6. The number of nitro benzene ring substituents is 1. The van der Waals surface area contributed by atoms with Gasteiger partial charge in [-0.05, 0) is 6.07 Å². The summed E-state index contributed by atoms with van der Waals surface area (Å²) in [6, 6.07) is 4.94. The van der Waals surface area contributed by atoms with Crippen LogP contribution in [0.15, 0.2) is 18.2 Å². The van der Waals surface area contributed by atoms with Crippen molar-refractivity contribution in [3.05, 3.63) is 28.3 Å². The molecule has 0 aromatic heterocycles. The standard InChI is InChI=1S/C10H11N3O4/c1-16-9-3-2-8(13(14)15)4-10(9)17-6-7(12)5-11/h2-4,7H,6,12H2,1H3. The lowest BCUT2D eigenvalue weighted by molar-refractivity contribution is -0.385. The predicted octanol–water partition coefficient (Wildman–Crippen LogP) is 0.833. The molecule has 1 unspecified atom stereocenters. The number of benzene rings is 1. The van der Waals surface area contributed by atoms with Gasteiger partial charge >= 0.3 is 0 Å². The summed E-state index contributed by atoms with van der Waals surface area (Å²) < 4.78 is 10.2. The van der Waals surface area contributed by atoms with Gasteiger partial charge in [0.05, 0.1) is 24.2 Å². The minimum Gasteiger partial charge on any atom is -0.493 e. The van der Waals surface area contributed by atoms with E-state index in [0.717, 1.165) is 0 Å². The Kier molecular flexibility index (Phi) is 4.25. The zero-order chi connectivity index (χ0) is 12.8. The number of rotatable bonds is 5. The molecule has 0 aliphatic heterocycles. The molecule has 0 heterocycles. The van der Waals surface area contributed by atoms with Crippen molar-refractivity contribution in [1.82, 2.24) is 0 Å². The van der Waals surface area contributed by atoms with Crippen LogP contribution in [0.25, 0.3) is 0 Å². The van der Waals surface area contributed by atoms with Crippen LogP contribution in [0, 0.1) is 21.4 Å². The third-order valence-corrected chi connectivity index (χ3v) is 1.94. The van der Waals surface area contributed by atoms with E-state index in [9.17, 15) is 10.1 Å². The lowest BCUT2D eigenvalue weighted by Gasteiger charge is -2.10. The highest BCUT2D eigenvalue weighted by molar-refractivity contribution is 5.48. The van der Waals surface area contributed by atoms with Crippen molar-refractivity contribution in [2.75, 3.05) is 13.7 Å². The Bertz CT molecular complexity index is 455. The molecule has 1 atom stereocenters. The van der Waals surface area contributed by atoms with Crippen LogP contribution in [0.1, 0.15) is 0 Å². The summed E-state index contributed by atoms with van der Waals surface area (Å²) in [5, 5.41) is 19.1. The van der Waals surface area contributed by atoms with E-state index in [2.05, 4.69) is 0 Å². The lowest BCUT2D eigenvalue weighted by Crippen LogP contribution is -2.25. The number of nitro groups is 1. The predicted molar refractivity (Wildman–Crippen MR) is 58.7 cm³/mol. The maximum atomic E-state index is 10.6. The summed E-state index contributed by atoms with van der Waals surface area (Å²) in [6.45, 7) is -0.0615. The Morgan fingerprint density at radius 3 is 2.82 bits per heavy atom. The average Bonchev–Trinajstić information content (AvgIpc) is 2.35. The average molecular weight is 237 g/mol. The van der Waals surface area contributed by atoms with E-state index in [1.54, 1.807) is 6.07 Å². The molecule has 0 amide bonds. The number of nitrogens with two attached hydrogens (primary N) is 1. The Morgan fingerprint density at radius 1 is 1.59 bits per heavy atom. The molecule has 1 aromatic rings. The molecule has 0 saturated heterocycles. The number of nitriles is 1. The van der Waals surface area contributed by atoms with Gasteiger partial charge in [-0.25, -0.2) is 0 Å². The fourth-order valence-corrected chi connectivity index (χ4v) is 1.11. The summed E-state index contributed by atoms with van der Waals surface area (Å²) in [6.07, 6.45) is 0. The van der Waals surface area contributed by atoms with Crippen LogP contribution in [0.3, 0.4) is 0 Å². The molecular formula is C10H11N3O4. The summed E-state index contributed by atoms with van der Waals surface area (Å²) in [4.78, 5) is 10.0. The highest BCUT2D eigenvalue weighted by Gasteiger charge is 2.13. The number of non-ortho nitro benzene ring substituents is 1. The van der Waals surface area contributed by atoms with E-state index in [4.69, 9.17) is 20.5 Å². The van der Waals surface area contributed by atoms with Gasteiger partial charge in [-0.1, -0.05) is 0 Å². The van der Waals surface area contributed by atoms with E-state index < -0.39 is 11.0 Å². The summed E-state index contributed by atoms with van der Waals surface area (Å²) >= 11 is 0. The molecular weight excluding hydrogens is 226 g/mol. The molecule has 0 spiro atoms.